The van der Waals surface area contributed by atoms with Gasteiger partial charge in [0, 0.05) is 37.5 Å². The molecule has 27 heavy (non-hydrogen) atoms. The van der Waals surface area contributed by atoms with Gasteiger partial charge in [0.2, 0.25) is 0 Å². The molecule has 1 fully saturated rings. The number of nitrogens with zero attached hydrogens (tertiary/aromatic N) is 3. The maximum absolute atomic E-state index is 4.72. The second-order valence-electron chi connectivity index (χ2n) is 7.44. The lowest BCUT2D eigenvalue weighted by Crippen LogP contribution is -2.38. The van der Waals surface area contributed by atoms with Crippen LogP contribution in [0.3, 0.4) is 0 Å². The number of thiazole rings is 1. The number of halogens is 1. The molecule has 0 radical (unpaired) electrons. The van der Waals surface area contributed by atoms with Crippen LogP contribution in [0.4, 0.5) is 0 Å². The van der Waals surface area contributed by atoms with Gasteiger partial charge in [-0.1, -0.05) is 6.92 Å². The number of rotatable bonds is 9. The lowest BCUT2D eigenvalue weighted by molar-refractivity contribution is 0.181. The number of aryl methyl sites for hydroxylation is 2. The number of likely N-dealkylation sites (tertiary alicyclic amines) is 1. The zero-order valence-corrected chi connectivity index (χ0v) is 20.7. The van der Waals surface area contributed by atoms with E-state index in [0.29, 0.717) is 0 Å². The van der Waals surface area contributed by atoms with Crippen molar-refractivity contribution in [3.05, 3.63) is 15.6 Å². The van der Waals surface area contributed by atoms with Gasteiger partial charge in [-0.15, -0.1) is 35.3 Å². The van der Waals surface area contributed by atoms with Crippen molar-refractivity contribution in [1.29, 1.82) is 0 Å². The summed E-state index contributed by atoms with van der Waals surface area (Å²) in [7, 11) is 0. The highest BCUT2D eigenvalue weighted by Gasteiger charge is 2.15. The summed E-state index contributed by atoms with van der Waals surface area (Å²) < 4.78 is 0. The van der Waals surface area contributed by atoms with E-state index < -0.39 is 0 Å². The Hall–Kier alpha value is -0.410. The summed E-state index contributed by atoms with van der Waals surface area (Å²) in [4.78, 5) is 13.3. The Balaban J connectivity index is 0.00000364. The maximum atomic E-state index is 4.72. The summed E-state index contributed by atoms with van der Waals surface area (Å²) in [6, 6.07) is 0. The minimum absolute atomic E-state index is 0. The van der Waals surface area contributed by atoms with Crippen LogP contribution < -0.4 is 10.6 Å². The Morgan fingerprint density at radius 1 is 1.30 bits per heavy atom. The lowest BCUT2D eigenvalue weighted by Gasteiger charge is -2.30. The van der Waals surface area contributed by atoms with Crippen LogP contribution in [-0.2, 0) is 6.42 Å². The number of guanidine groups is 1. The van der Waals surface area contributed by atoms with E-state index >= 15 is 0 Å². The zero-order chi connectivity index (χ0) is 18.8. The number of aromatic nitrogens is 1. The summed E-state index contributed by atoms with van der Waals surface area (Å²) in [5.74, 6) is 1.81. The van der Waals surface area contributed by atoms with Crippen LogP contribution in [0.25, 0.3) is 0 Å². The van der Waals surface area contributed by atoms with Gasteiger partial charge in [-0.25, -0.2) is 4.98 Å². The Morgan fingerprint density at radius 3 is 2.78 bits per heavy atom. The molecule has 1 unspecified atom stereocenters. The fraction of sp³-hybridized carbons (Fsp3) is 0.800. The molecule has 1 aromatic rings. The van der Waals surface area contributed by atoms with Gasteiger partial charge in [0.05, 0.1) is 10.7 Å². The fourth-order valence-electron chi connectivity index (χ4n) is 3.40. The number of aliphatic imine (C=N–C) groups is 1. The molecule has 1 aliphatic heterocycles. The number of piperidine rings is 1. The predicted molar refractivity (Wildman–Crippen MR) is 129 cm³/mol. The molecule has 5 nitrogen and oxygen atoms in total. The highest BCUT2D eigenvalue weighted by molar-refractivity contribution is 14.0. The van der Waals surface area contributed by atoms with Gasteiger partial charge < -0.3 is 15.5 Å². The molecule has 2 N–H and O–H groups in total. The van der Waals surface area contributed by atoms with E-state index in [1.54, 1.807) is 11.3 Å². The van der Waals surface area contributed by atoms with Crippen LogP contribution >= 0.6 is 35.3 Å². The Morgan fingerprint density at radius 2 is 2.11 bits per heavy atom. The fourth-order valence-corrected chi connectivity index (χ4v) is 4.34. The first-order valence-electron chi connectivity index (χ1n) is 10.3. The summed E-state index contributed by atoms with van der Waals surface area (Å²) in [6.07, 6.45) is 6.13. The van der Waals surface area contributed by atoms with Crippen LogP contribution in [0, 0.1) is 19.8 Å². The van der Waals surface area contributed by atoms with Crippen LogP contribution in [0.2, 0.25) is 0 Å². The van der Waals surface area contributed by atoms with E-state index in [2.05, 4.69) is 48.2 Å². The molecule has 156 valence electrons. The Kier molecular flexibility index (Phi) is 12.5. The molecule has 0 saturated carbocycles. The number of nitrogens with one attached hydrogen (secondary N) is 2. The van der Waals surface area contributed by atoms with Crippen molar-refractivity contribution in [3.8, 4) is 0 Å². The first-order chi connectivity index (χ1) is 12.6. The lowest BCUT2D eigenvalue weighted by atomic mass is 10.0. The van der Waals surface area contributed by atoms with Gasteiger partial charge in [0.1, 0.15) is 0 Å². The molecule has 1 saturated heterocycles. The predicted octanol–water partition coefficient (Wildman–Crippen LogP) is 3.99. The molecular formula is C20H38IN5S. The van der Waals surface area contributed by atoms with E-state index in [0.717, 1.165) is 50.0 Å². The third kappa shape index (κ3) is 9.56. The monoisotopic (exact) mass is 507 g/mol. The molecule has 0 spiro atoms. The third-order valence-electron chi connectivity index (χ3n) is 4.94. The second kappa shape index (κ2) is 13.7. The van der Waals surface area contributed by atoms with Crippen molar-refractivity contribution in [3.63, 3.8) is 0 Å². The summed E-state index contributed by atoms with van der Waals surface area (Å²) >= 11 is 1.80. The highest BCUT2D eigenvalue weighted by atomic mass is 127. The first kappa shape index (κ1) is 24.6. The standard InChI is InChI=1S/C20H37N5S.HI/c1-5-21-20(23-12-10-19-24-17(3)18(4)26-19)22-11-6-7-13-25-14-8-9-16(2)15-25;/h16H,5-15H2,1-4H3,(H2,21,22,23);1H. The van der Waals surface area contributed by atoms with E-state index in [9.17, 15) is 0 Å². The van der Waals surface area contributed by atoms with Crippen LogP contribution in [0.5, 0.6) is 0 Å². The smallest absolute Gasteiger partial charge is 0.191 e. The van der Waals surface area contributed by atoms with Gasteiger partial charge in [-0.3, -0.25) is 4.99 Å². The third-order valence-corrected chi connectivity index (χ3v) is 6.07. The zero-order valence-electron chi connectivity index (χ0n) is 17.5. The normalized spacial score (nSPS) is 18.2. The van der Waals surface area contributed by atoms with Crippen molar-refractivity contribution in [2.24, 2.45) is 10.9 Å². The van der Waals surface area contributed by atoms with Crippen LogP contribution in [-0.4, -0.2) is 55.1 Å². The van der Waals surface area contributed by atoms with E-state index in [-0.39, 0.29) is 24.0 Å². The molecule has 1 atom stereocenters. The molecule has 7 heteroatoms. The van der Waals surface area contributed by atoms with Gasteiger partial charge in [-0.2, -0.15) is 0 Å². The molecule has 2 rings (SSSR count). The average Bonchev–Trinajstić information content (AvgIpc) is 2.92. The topological polar surface area (TPSA) is 52.6 Å². The van der Waals surface area contributed by atoms with E-state index in [1.807, 2.05) is 0 Å². The number of unbranched alkanes of at least 4 members (excludes halogenated alkanes) is 1. The molecule has 0 aliphatic carbocycles. The molecule has 2 heterocycles. The van der Waals surface area contributed by atoms with E-state index in [4.69, 9.17) is 4.99 Å². The van der Waals surface area contributed by atoms with Gasteiger partial charge in [0.15, 0.2) is 5.96 Å². The van der Waals surface area contributed by atoms with Crippen molar-refractivity contribution >= 4 is 41.3 Å². The minimum Gasteiger partial charge on any atom is -0.357 e. The molecule has 0 amide bonds. The first-order valence-corrected chi connectivity index (χ1v) is 11.1. The largest absolute Gasteiger partial charge is 0.357 e. The number of hydrogen-bond acceptors (Lipinski definition) is 4. The Bertz CT molecular complexity index is 541. The Labute approximate surface area is 186 Å². The van der Waals surface area contributed by atoms with Gasteiger partial charge in [0.25, 0.3) is 0 Å². The number of hydrogen-bond donors (Lipinski definition) is 2. The molecule has 1 aromatic heterocycles. The summed E-state index contributed by atoms with van der Waals surface area (Å²) in [6.45, 7) is 15.2. The average molecular weight is 508 g/mol. The van der Waals surface area contributed by atoms with Crippen LogP contribution in [0.15, 0.2) is 4.99 Å². The summed E-state index contributed by atoms with van der Waals surface area (Å²) in [5, 5.41) is 7.99. The maximum Gasteiger partial charge on any atom is 0.191 e. The van der Waals surface area contributed by atoms with Gasteiger partial charge >= 0.3 is 0 Å². The summed E-state index contributed by atoms with van der Waals surface area (Å²) in [5.41, 5.74) is 1.16. The van der Waals surface area contributed by atoms with E-state index in [1.165, 1.54) is 48.8 Å². The second-order valence-corrected chi connectivity index (χ2v) is 8.73. The quantitative estimate of drug-likeness (QED) is 0.230. The molecular weight excluding hydrogens is 469 g/mol. The van der Waals surface area contributed by atoms with Crippen LogP contribution in [0.1, 0.15) is 55.1 Å². The molecule has 0 aromatic carbocycles. The SMILES string of the molecule is CCNC(=NCCCCN1CCCC(C)C1)NCCc1nc(C)c(C)s1.I. The van der Waals surface area contributed by atoms with Crippen molar-refractivity contribution in [1.82, 2.24) is 20.5 Å². The van der Waals surface area contributed by atoms with Crippen molar-refractivity contribution in [2.45, 2.75) is 59.8 Å². The molecule has 1 aliphatic rings. The van der Waals surface area contributed by atoms with Crippen molar-refractivity contribution < 1.29 is 0 Å². The van der Waals surface area contributed by atoms with Crippen molar-refractivity contribution in [2.75, 3.05) is 39.3 Å². The molecule has 0 bridgehead atoms. The van der Waals surface area contributed by atoms with Gasteiger partial charge in [-0.05, 0) is 65.5 Å². The highest BCUT2D eigenvalue weighted by Crippen LogP contribution is 2.16. The minimum atomic E-state index is 0.